The number of ketones is 1. The first-order valence-electron chi connectivity index (χ1n) is 7.76. The Kier molecular flexibility index (Phi) is 3.62. The van der Waals surface area contributed by atoms with E-state index in [0.29, 0.717) is 11.3 Å². The third-order valence-corrected chi connectivity index (χ3v) is 5.44. The maximum absolute atomic E-state index is 12.6. The molecule has 4 rings (SSSR count). The number of thioether (sulfide) groups is 1. The Morgan fingerprint density at radius 2 is 1.96 bits per heavy atom. The van der Waals surface area contributed by atoms with E-state index in [9.17, 15) is 4.79 Å². The lowest BCUT2D eigenvalue weighted by atomic mass is 9.91. The number of Topliss-reactive ketones (excluding diaryl/α,β-unsaturated/α-hetero) is 1. The fourth-order valence-corrected chi connectivity index (χ4v) is 4.02. The highest BCUT2D eigenvalue weighted by atomic mass is 32.2. The second-order valence-corrected chi connectivity index (χ2v) is 6.87. The van der Waals surface area contributed by atoms with E-state index in [-0.39, 0.29) is 5.78 Å². The molecule has 0 atom stereocenters. The van der Waals surface area contributed by atoms with E-state index in [1.807, 2.05) is 56.5 Å². The molecule has 4 heteroatoms. The van der Waals surface area contributed by atoms with Gasteiger partial charge in [0.2, 0.25) is 5.78 Å². The third kappa shape index (κ3) is 2.39. The molecule has 0 spiro atoms. The second kappa shape index (κ2) is 5.80. The van der Waals surface area contributed by atoms with Crippen molar-refractivity contribution in [2.24, 2.45) is 0 Å². The van der Waals surface area contributed by atoms with Gasteiger partial charge in [-0.05, 0) is 48.9 Å². The lowest BCUT2D eigenvalue weighted by Crippen LogP contribution is -2.12. The summed E-state index contributed by atoms with van der Waals surface area (Å²) in [5, 5.41) is 1.11. The Morgan fingerprint density at radius 1 is 1.12 bits per heavy atom. The Labute approximate surface area is 145 Å². The molecular weight excluding hydrogens is 316 g/mol. The molecule has 0 saturated heterocycles. The maximum Gasteiger partial charge on any atom is 0.211 e. The Morgan fingerprint density at radius 3 is 2.79 bits per heavy atom. The summed E-state index contributed by atoms with van der Waals surface area (Å²) in [6.07, 6.45) is 7.52. The minimum Gasteiger partial charge on any atom is -0.338 e. The molecule has 3 nitrogen and oxygen atoms in total. The monoisotopic (exact) mass is 332 g/mol. The molecule has 1 aliphatic heterocycles. The normalized spacial score (nSPS) is 19.5. The maximum atomic E-state index is 12.6. The number of hydrogen-bond acceptors (Lipinski definition) is 4. The summed E-state index contributed by atoms with van der Waals surface area (Å²) < 4.78 is 0. The molecule has 2 aliphatic rings. The van der Waals surface area contributed by atoms with Gasteiger partial charge in [0.1, 0.15) is 5.69 Å². The van der Waals surface area contributed by atoms with Crippen molar-refractivity contribution in [3.8, 4) is 0 Å². The molecule has 0 amide bonds. The molecule has 0 N–H and O–H groups in total. The van der Waals surface area contributed by atoms with Crippen molar-refractivity contribution >= 4 is 28.8 Å². The predicted octanol–water partition coefficient (Wildman–Crippen LogP) is 4.69. The third-order valence-electron chi connectivity index (χ3n) is 4.26. The fraction of sp³-hybridized carbons (Fsp3) is 0.100. The predicted molar refractivity (Wildman–Crippen MR) is 99.1 cm³/mol. The number of hydrogen-bond donors (Lipinski definition) is 0. The van der Waals surface area contributed by atoms with Crippen LogP contribution in [0.1, 0.15) is 23.0 Å². The first-order valence-corrected chi connectivity index (χ1v) is 8.58. The van der Waals surface area contributed by atoms with E-state index in [1.54, 1.807) is 18.0 Å². The molecule has 2 aromatic rings. The van der Waals surface area contributed by atoms with Gasteiger partial charge in [0.05, 0.1) is 10.7 Å². The first kappa shape index (κ1) is 15.0. The van der Waals surface area contributed by atoms with Gasteiger partial charge in [-0.25, -0.2) is 0 Å². The molecule has 1 aromatic carbocycles. The molecule has 1 aliphatic carbocycles. The quantitative estimate of drug-likeness (QED) is 0.709. The highest BCUT2D eigenvalue weighted by Gasteiger charge is 2.23. The van der Waals surface area contributed by atoms with Crippen molar-refractivity contribution in [2.75, 3.05) is 11.9 Å². The molecular formula is C20H16N2OS. The lowest BCUT2D eigenvalue weighted by molar-refractivity contribution is 0.103. The molecule has 118 valence electrons. The van der Waals surface area contributed by atoms with Crippen LogP contribution in [-0.2, 0) is 0 Å². The van der Waals surface area contributed by atoms with E-state index >= 15 is 0 Å². The lowest BCUT2D eigenvalue weighted by Gasteiger charge is -2.15. The number of pyridine rings is 1. The van der Waals surface area contributed by atoms with Crippen LogP contribution in [0.25, 0.3) is 5.57 Å². The van der Waals surface area contributed by atoms with Crippen molar-refractivity contribution in [1.29, 1.82) is 0 Å². The summed E-state index contributed by atoms with van der Waals surface area (Å²) in [7, 11) is 2.05. The van der Waals surface area contributed by atoms with Crippen LogP contribution in [-0.4, -0.2) is 17.8 Å². The van der Waals surface area contributed by atoms with Crippen molar-refractivity contribution in [2.45, 2.75) is 11.8 Å². The summed E-state index contributed by atoms with van der Waals surface area (Å²) >= 11 is 1.72. The fourth-order valence-electron chi connectivity index (χ4n) is 2.97. The number of benzene rings is 1. The number of aromatic nitrogens is 1. The molecule has 0 unspecified atom stereocenters. The number of carbonyl (C=O) groups excluding carboxylic acids is 1. The van der Waals surface area contributed by atoms with Crippen LogP contribution in [0.3, 0.4) is 0 Å². The highest BCUT2D eigenvalue weighted by Crippen LogP contribution is 2.44. The number of para-hydroxylation sites is 1. The average molecular weight is 332 g/mol. The zero-order valence-corrected chi connectivity index (χ0v) is 14.3. The van der Waals surface area contributed by atoms with Gasteiger partial charge in [-0.15, -0.1) is 0 Å². The van der Waals surface area contributed by atoms with Gasteiger partial charge in [0.25, 0.3) is 0 Å². The minimum atomic E-state index is -0.0174. The van der Waals surface area contributed by atoms with Crippen LogP contribution in [0.4, 0.5) is 5.69 Å². The van der Waals surface area contributed by atoms with Crippen molar-refractivity contribution in [3.63, 3.8) is 0 Å². The van der Waals surface area contributed by atoms with Crippen LogP contribution >= 0.6 is 11.8 Å². The molecule has 1 aromatic heterocycles. The van der Waals surface area contributed by atoms with Gasteiger partial charge >= 0.3 is 0 Å². The summed E-state index contributed by atoms with van der Waals surface area (Å²) in [6, 6.07) is 12.1. The van der Waals surface area contributed by atoms with Crippen molar-refractivity contribution in [3.05, 3.63) is 82.7 Å². The smallest absolute Gasteiger partial charge is 0.211 e. The highest BCUT2D eigenvalue weighted by molar-refractivity contribution is 8.03. The van der Waals surface area contributed by atoms with E-state index < -0.39 is 0 Å². The van der Waals surface area contributed by atoms with Crippen LogP contribution in [0, 0.1) is 0 Å². The van der Waals surface area contributed by atoms with Gasteiger partial charge in [-0.2, -0.15) is 0 Å². The van der Waals surface area contributed by atoms with Gasteiger partial charge in [-0.3, -0.25) is 9.78 Å². The zero-order chi connectivity index (χ0) is 16.7. The van der Waals surface area contributed by atoms with Crippen LogP contribution in [0.5, 0.6) is 0 Å². The largest absolute Gasteiger partial charge is 0.338 e. The van der Waals surface area contributed by atoms with Crippen molar-refractivity contribution < 1.29 is 4.79 Å². The number of nitrogens with zero attached hydrogens (tertiary/aromatic N) is 2. The van der Waals surface area contributed by atoms with E-state index in [2.05, 4.69) is 22.0 Å². The van der Waals surface area contributed by atoms with E-state index in [4.69, 9.17) is 0 Å². The number of carbonyl (C=O) groups is 1. The Bertz CT molecular complexity index is 940. The van der Waals surface area contributed by atoms with Crippen LogP contribution in [0.15, 0.2) is 76.3 Å². The number of allylic oxidation sites excluding steroid dienone is 5. The van der Waals surface area contributed by atoms with E-state index in [1.165, 1.54) is 10.6 Å². The summed E-state index contributed by atoms with van der Waals surface area (Å²) in [6.45, 7) is 2.01. The van der Waals surface area contributed by atoms with Gasteiger partial charge in [0.15, 0.2) is 0 Å². The van der Waals surface area contributed by atoms with Crippen LogP contribution < -0.4 is 4.90 Å². The summed E-state index contributed by atoms with van der Waals surface area (Å²) in [5.41, 5.74) is 4.40. The topological polar surface area (TPSA) is 33.2 Å². The molecule has 0 saturated carbocycles. The molecule has 0 fully saturated rings. The van der Waals surface area contributed by atoms with Gasteiger partial charge in [0, 0.05) is 29.3 Å². The van der Waals surface area contributed by atoms with Gasteiger partial charge in [-0.1, -0.05) is 30.0 Å². The first-order chi connectivity index (χ1) is 11.6. The SMILES string of the molecule is CC1=CC(=CC=C2Sc3ccccc3N2C)C(=O)c2ncccc21. The molecule has 0 bridgehead atoms. The van der Waals surface area contributed by atoms with Crippen molar-refractivity contribution in [1.82, 2.24) is 4.98 Å². The number of anilines is 1. The summed E-state index contributed by atoms with van der Waals surface area (Å²) in [4.78, 5) is 20.3. The minimum absolute atomic E-state index is 0.0174. The van der Waals surface area contributed by atoms with Crippen LogP contribution in [0.2, 0.25) is 0 Å². The zero-order valence-electron chi connectivity index (χ0n) is 13.5. The second-order valence-electron chi connectivity index (χ2n) is 5.81. The standard InChI is InChI=1S/C20H16N2OS/c1-13-12-14(20(23)19-15(13)6-5-11-21-19)9-10-18-22(2)16-7-3-4-8-17(16)24-18/h3-12H,1-2H3. The molecule has 24 heavy (non-hydrogen) atoms. The number of fused-ring (bicyclic) bond motifs is 2. The Balaban J connectivity index is 1.69. The number of rotatable bonds is 1. The molecule has 2 heterocycles. The summed E-state index contributed by atoms with van der Waals surface area (Å²) in [5.74, 6) is -0.0174. The Hall–Kier alpha value is -2.59. The average Bonchev–Trinajstić information content (AvgIpc) is 2.93. The van der Waals surface area contributed by atoms with E-state index in [0.717, 1.165) is 16.2 Å². The molecule has 0 radical (unpaired) electrons. The van der Waals surface area contributed by atoms with Gasteiger partial charge < -0.3 is 4.90 Å².